The molecule has 0 radical (unpaired) electrons. The maximum atomic E-state index is 10.6. The molecule has 0 spiro atoms. The number of carbonyl (C=O) groups is 1. The molecule has 1 aromatic heterocycles. The second-order valence-corrected chi connectivity index (χ2v) is 2.51. The highest BCUT2D eigenvalue weighted by molar-refractivity contribution is 5.73. The van der Waals surface area contributed by atoms with Crippen molar-refractivity contribution in [3.05, 3.63) is 41.0 Å². The van der Waals surface area contributed by atoms with Gasteiger partial charge in [0.05, 0.1) is 0 Å². The summed E-state index contributed by atoms with van der Waals surface area (Å²) < 4.78 is 0. The smallest absolute Gasteiger partial charge is 0.169 e. The lowest BCUT2D eigenvalue weighted by molar-refractivity contribution is 0.111. The number of hydrogen-bond acceptors (Lipinski definition) is 2. The number of nitrogens with zero attached hydrogens (tertiary/aromatic N) is 1. The first-order chi connectivity index (χ1) is 6.33. The van der Waals surface area contributed by atoms with E-state index in [-0.39, 0.29) is 0 Å². The summed E-state index contributed by atoms with van der Waals surface area (Å²) in [5.41, 5.74) is 0.454. The lowest BCUT2D eigenvalue weighted by Gasteiger charge is -1.92. The summed E-state index contributed by atoms with van der Waals surface area (Å²) in [6.45, 7) is 5.51. The Hall–Kier alpha value is -1.70. The largest absolute Gasteiger partial charge is 0.296 e. The summed E-state index contributed by atoms with van der Waals surface area (Å²) in [7, 11) is 0. The van der Waals surface area contributed by atoms with Crippen LogP contribution in [0.15, 0.2) is 24.9 Å². The molecule has 0 amide bonds. The first kappa shape index (κ1) is 9.39. The lowest BCUT2D eigenvalue weighted by Crippen LogP contribution is -2.29. The van der Waals surface area contributed by atoms with Gasteiger partial charge in [-0.2, -0.15) is 0 Å². The molecular weight excluding hydrogens is 162 g/mol. The molecule has 2 heteroatoms. The number of hydrogen-bond donors (Lipinski definition) is 0. The number of pyridine rings is 1. The molecule has 0 atom stereocenters. The summed E-state index contributed by atoms with van der Waals surface area (Å²) in [4.78, 5) is 14.6. The average molecular weight is 173 g/mol. The highest BCUT2D eigenvalue weighted by atomic mass is 16.1. The fraction of sp³-hybridized carbons (Fsp3) is 0.0909. The van der Waals surface area contributed by atoms with Crippen LogP contribution >= 0.6 is 0 Å². The SMILES string of the molecule is C=C/C=c1/c(C=O)ncc/c1=C/C. The Labute approximate surface area is 76.9 Å². The van der Waals surface area contributed by atoms with E-state index in [1.807, 2.05) is 19.1 Å². The van der Waals surface area contributed by atoms with E-state index in [1.165, 1.54) is 0 Å². The van der Waals surface area contributed by atoms with Crippen molar-refractivity contribution >= 4 is 18.4 Å². The number of aromatic nitrogens is 1. The normalized spacial score (nSPS) is 13.0. The molecule has 2 nitrogen and oxygen atoms in total. The van der Waals surface area contributed by atoms with Crippen molar-refractivity contribution in [1.29, 1.82) is 0 Å². The monoisotopic (exact) mass is 173 g/mol. The van der Waals surface area contributed by atoms with Gasteiger partial charge in [0, 0.05) is 11.4 Å². The van der Waals surface area contributed by atoms with Crippen molar-refractivity contribution in [2.45, 2.75) is 6.92 Å². The van der Waals surface area contributed by atoms with Crippen molar-refractivity contribution < 1.29 is 4.79 Å². The minimum absolute atomic E-state index is 0.454. The molecule has 0 unspecified atom stereocenters. The molecule has 66 valence electrons. The predicted octanol–water partition coefficient (Wildman–Crippen LogP) is 0.661. The third-order valence-corrected chi connectivity index (χ3v) is 1.76. The van der Waals surface area contributed by atoms with Crippen LogP contribution < -0.4 is 10.4 Å². The van der Waals surface area contributed by atoms with E-state index in [9.17, 15) is 4.79 Å². The van der Waals surface area contributed by atoms with Crippen molar-refractivity contribution in [3.63, 3.8) is 0 Å². The summed E-state index contributed by atoms with van der Waals surface area (Å²) in [6, 6.07) is 1.86. The van der Waals surface area contributed by atoms with E-state index < -0.39 is 0 Å². The van der Waals surface area contributed by atoms with Crippen molar-refractivity contribution in [1.82, 2.24) is 4.98 Å². The van der Waals surface area contributed by atoms with Crippen LogP contribution in [0.1, 0.15) is 17.4 Å². The summed E-state index contributed by atoms with van der Waals surface area (Å²) in [5.74, 6) is 0. The highest BCUT2D eigenvalue weighted by Crippen LogP contribution is 1.77. The van der Waals surface area contributed by atoms with Crippen LogP contribution in [0.4, 0.5) is 0 Å². The molecule has 0 saturated carbocycles. The van der Waals surface area contributed by atoms with E-state index >= 15 is 0 Å². The van der Waals surface area contributed by atoms with E-state index in [4.69, 9.17) is 0 Å². The summed E-state index contributed by atoms with van der Waals surface area (Å²) >= 11 is 0. The van der Waals surface area contributed by atoms with Gasteiger partial charge in [-0.3, -0.25) is 9.78 Å². The zero-order valence-electron chi connectivity index (χ0n) is 7.53. The van der Waals surface area contributed by atoms with E-state index in [0.717, 1.165) is 16.7 Å². The minimum atomic E-state index is 0.454. The molecule has 0 aliphatic heterocycles. The topological polar surface area (TPSA) is 30.0 Å². The first-order valence-electron chi connectivity index (χ1n) is 4.02. The van der Waals surface area contributed by atoms with Gasteiger partial charge in [0.2, 0.25) is 0 Å². The Balaban J connectivity index is 3.68. The molecule has 0 aliphatic carbocycles. The maximum absolute atomic E-state index is 10.6. The Morgan fingerprint density at radius 2 is 2.31 bits per heavy atom. The second-order valence-electron chi connectivity index (χ2n) is 2.51. The number of carbonyl (C=O) groups excluding carboxylic acids is 1. The average Bonchev–Trinajstić information content (AvgIpc) is 2.18. The van der Waals surface area contributed by atoms with Gasteiger partial charge in [-0.25, -0.2) is 0 Å². The molecule has 0 fully saturated rings. The third-order valence-electron chi connectivity index (χ3n) is 1.76. The van der Waals surface area contributed by atoms with Crippen LogP contribution in [0.2, 0.25) is 0 Å². The molecule has 0 aliphatic rings. The molecule has 0 N–H and O–H groups in total. The number of allylic oxidation sites excluding steroid dienone is 1. The van der Waals surface area contributed by atoms with Crippen molar-refractivity contribution in [2.75, 3.05) is 0 Å². The van der Waals surface area contributed by atoms with Gasteiger partial charge in [0.15, 0.2) is 6.29 Å². The Kier molecular flexibility index (Phi) is 3.15. The zero-order valence-corrected chi connectivity index (χ0v) is 7.53. The number of rotatable bonds is 2. The molecule has 1 aromatic rings. The fourth-order valence-corrected chi connectivity index (χ4v) is 1.15. The first-order valence-corrected chi connectivity index (χ1v) is 4.02. The second kappa shape index (κ2) is 4.36. The van der Waals surface area contributed by atoms with Gasteiger partial charge in [0.1, 0.15) is 5.69 Å². The maximum Gasteiger partial charge on any atom is 0.169 e. The minimum Gasteiger partial charge on any atom is -0.296 e. The van der Waals surface area contributed by atoms with Gasteiger partial charge in [-0.1, -0.05) is 24.8 Å². The molecule has 13 heavy (non-hydrogen) atoms. The van der Waals surface area contributed by atoms with Gasteiger partial charge >= 0.3 is 0 Å². The van der Waals surface area contributed by atoms with Crippen LogP contribution in [-0.2, 0) is 0 Å². The van der Waals surface area contributed by atoms with Crippen LogP contribution in [0.25, 0.3) is 12.2 Å². The van der Waals surface area contributed by atoms with E-state index in [1.54, 1.807) is 18.3 Å². The highest BCUT2D eigenvalue weighted by Gasteiger charge is 1.93. The molecule has 0 aromatic carbocycles. The van der Waals surface area contributed by atoms with Crippen LogP contribution in [0, 0.1) is 0 Å². The van der Waals surface area contributed by atoms with E-state index in [0.29, 0.717) is 5.69 Å². The van der Waals surface area contributed by atoms with Crippen LogP contribution in [-0.4, -0.2) is 11.3 Å². The predicted molar refractivity (Wildman–Crippen MR) is 53.7 cm³/mol. The zero-order chi connectivity index (χ0) is 9.68. The van der Waals surface area contributed by atoms with Crippen molar-refractivity contribution in [2.24, 2.45) is 0 Å². The summed E-state index contributed by atoms with van der Waals surface area (Å²) in [6.07, 6.45) is 7.74. The van der Waals surface area contributed by atoms with Crippen molar-refractivity contribution in [3.8, 4) is 0 Å². The molecule has 1 heterocycles. The Bertz CT molecular complexity index is 432. The van der Waals surface area contributed by atoms with E-state index in [2.05, 4.69) is 11.6 Å². The van der Waals surface area contributed by atoms with Gasteiger partial charge in [0.25, 0.3) is 0 Å². The van der Waals surface area contributed by atoms with Crippen LogP contribution in [0.5, 0.6) is 0 Å². The summed E-state index contributed by atoms with van der Waals surface area (Å²) in [5, 5.41) is 1.83. The van der Waals surface area contributed by atoms with Gasteiger partial charge < -0.3 is 0 Å². The third kappa shape index (κ3) is 1.90. The number of aldehydes is 1. The Morgan fingerprint density at radius 1 is 1.54 bits per heavy atom. The molecular formula is C11H11NO. The van der Waals surface area contributed by atoms with Gasteiger partial charge in [-0.15, -0.1) is 0 Å². The fourth-order valence-electron chi connectivity index (χ4n) is 1.15. The Morgan fingerprint density at radius 3 is 2.85 bits per heavy atom. The molecule has 1 rings (SSSR count). The standard InChI is InChI=1S/C11H11NO/c1-3-5-10-9(4-2)6-7-12-11(10)8-13/h3-8H,1H2,2H3/b9-4-,10-5+. The molecule has 0 saturated heterocycles. The molecule has 0 bridgehead atoms. The van der Waals surface area contributed by atoms with Gasteiger partial charge in [-0.05, 0) is 18.2 Å². The lowest BCUT2D eigenvalue weighted by atomic mass is 10.2. The van der Waals surface area contributed by atoms with Crippen LogP contribution in [0.3, 0.4) is 0 Å². The quantitative estimate of drug-likeness (QED) is 0.615.